The van der Waals surface area contributed by atoms with E-state index in [9.17, 15) is 4.39 Å². The lowest BCUT2D eigenvalue weighted by atomic mass is 10.1. The predicted molar refractivity (Wildman–Crippen MR) is 56.0 cm³/mol. The number of hydrogen-bond acceptors (Lipinski definition) is 1. The Kier molecular flexibility index (Phi) is 2.75. The fraction of sp³-hybridized carbons (Fsp3) is 0.455. The molecule has 1 aromatic carbocycles. The third-order valence-corrected chi connectivity index (χ3v) is 2.82. The Morgan fingerprint density at radius 1 is 1.50 bits per heavy atom. The largest absolute Gasteiger partial charge is 0.307 e. The van der Waals surface area contributed by atoms with Crippen molar-refractivity contribution in [1.82, 2.24) is 5.32 Å². The summed E-state index contributed by atoms with van der Waals surface area (Å²) >= 11 is 5.95. The molecule has 3 heteroatoms. The van der Waals surface area contributed by atoms with Gasteiger partial charge in [-0.15, -0.1) is 0 Å². The second-order valence-electron chi connectivity index (χ2n) is 3.83. The quantitative estimate of drug-likeness (QED) is 0.813. The van der Waals surface area contributed by atoms with Gasteiger partial charge in [0.1, 0.15) is 5.82 Å². The van der Waals surface area contributed by atoms with Crippen molar-refractivity contribution in [3.63, 3.8) is 0 Å². The summed E-state index contributed by atoms with van der Waals surface area (Å²) in [5.74, 6) is -0.280. The maximum atomic E-state index is 12.8. The van der Waals surface area contributed by atoms with E-state index in [1.54, 1.807) is 6.07 Å². The normalized spacial score (nSPS) is 18.2. The van der Waals surface area contributed by atoms with Crippen molar-refractivity contribution in [2.24, 2.45) is 0 Å². The van der Waals surface area contributed by atoms with E-state index in [1.165, 1.54) is 25.0 Å². The lowest BCUT2D eigenvalue weighted by Gasteiger charge is -2.14. The first-order valence-corrected chi connectivity index (χ1v) is 5.25. The highest BCUT2D eigenvalue weighted by atomic mass is 35.5. The first-order chi connectivity index (χ1) is 6.66. The van der Waals surface area contributed by atoms with Crippen LogP contribution in [0.1, 0.15) is 31.4 Å². The van der Waals surface area contributed by atoms with E-state index >= 15 is 0 Å². The highest BCUT2D eigenvalue weighted by Gasteiger charge is 2.23. The monoisotopic (exact) mass is 213 g/mol. The van der Waals surface area contributed by atoms with E-state index in [-0.39, 0.29) is 11.9 Å². The molecule has 0 radical (unpaired) electrons. The molecule has 76 valence electrons. The zero-order chi connectivity index (χ0) is 10.1. The Labute approximate surface area is 88.3 Å². The van der Waals surface area contributed by atoms with Crippen LogP contribution in [0, 0.1) is 5.82 Å². The van der Waals surface area contributed by atoms with E-state index < -0.39 is 0 Å². The molecule has 1 atom stereocenters. The first kappa shape index (κ1) is 9.94. The number of halogens is 2. The number of rotatable bonds is 3. The summed E-state index contributed by atoms with van der Waals surface area (Å²) in [4.78, 5) is 0. The van der Waals surface area contributed by atoms with Crippen molar-refractivity contribution in [1.29, 1.82) is 0 Å². The zero-order valence-electron chi connectivity index (χ0n) is 8.06. The molecule has 14 heavy (non-hydrogen) atoms. The van der Waals surface area contributed by atoms with Crippen molar-refractivity contribution in [2.75, 3.05) is 0 Å². The van der Waals surface area contributed by atoms with Gasteiger partial charge in [-0.25, -0.2) is 4.39 Å². The predicted octanol–water partition coefficient (Wildman–Crippen LogP) is 3.29. The molecule has 0 heterocycles. The summed E-state index contributed by atoms with van der Waals surface area (Å²) in [6, 6.07) is 5.40. The topological polar surface area (TPSA) is 12.0 Å². The summed E-state index contributed by atoms with van der Waals surface area (Å²) in [5, 5.41) is 3.93. The molecule has 1 aliphatic rings. The molecule has 2 rings (SSSR count). The smallest absolute Gasteiger partial charge is 0.124 e. The summed E-state index contributed by atoms with van der Waals surface area (Å²) in [6.45, 7) is 2.05. The van der Waals surface area contributed by atoms with Gasteiger partial charge in [-0.3, -0.25) is 0 Å². The van der Waals surface area contributed by atoms with Gasteiger partial charge in [0, 0.05) is 17.1 Å². The molecule has 1 N–H and O–H groups in total. The van der Waals surface area contributed by atoms with Gasteiger partial charge in [0.15, 0.2) is 0 Å². The molecular formula is C11H13ClFN. The molecule has 1 fully saturated rings. The van der Waals surface area contributed by atoms with Gasteiger partial charge in [-0.05, 0) is 37.5 Å². The molecule has 0 bridgehead atoms. The second-order valence-corrected chi connectivity index (χ2v) is 4.24. The Balaban J connectivity index is 2.13. The molecule has 0 aliphatic heterocycles. The minimum absolute atomic E-state index is 0.204. The maximum Gasteiger partial charge on any atom is 0.124 e. The Morgan fingerprint density at radius 2 is 2.21 bits per heavy atom. The van der Waals surface area contributed by atoms with Crippen molar-refractivity contribution in [3.05, 3.63) is 34.6 Å². The van der Waals surface area contributed by atoms with Crippen LogP contribution in [0.4, 0.5) is 4.39 Å². The standard InChI is InChI=1S/C11H13ClFN/c1-7(14-9-3-4-9)10-5-2-8(13)6-11(10)12/h2,5-7,9,14H,3-4H2,1H3. The van der Waals surface area contributed by atoms with Crippen molar-refractivity contribution >= 4 is 11.6 Å². The van der Waals surface area contributed by atoms with Crippen LogP contribution in [0.25, 0.3) is 0 Å². The lowest BCUT2D eigenvalue weighted by Crippen LogP contribution is -2.20. The number of nitrogens with one attached hydrogen (secondary N) is 1. The van der Waals surface area contributed by atoms with E-state index in [1.807, 2.05) is 0 Å². The molecule has 1 nitrogen and oxygen atoms in total. The van der Waals surface area contributed by atoms with Crippen LogP contribution < -0.4 is 5.32 Å². The van der Waals surface area contributed by atoms with Crippen LogP contribution in [0.3, 0.4) is 0 Å². The minimum Gasteiger partial charge on any atom is -0.307 e. The molecular weight excluding hydrogens is 201 g/mol. The zero-order valence-corrected chi connectivity index (χ0v) is 8.81. The first-order valence-electron chi connectivity index (χ1n) is 4.88. The summed E-state index contributed by atoms with van der Waals surface area (Å²) in [6.07, 6.45) is 2.48. The van der Waals surface area contributed by atoms with Crippen LogP contribution in [-0.2, 0) is 0 Å². The number of benzene rings is 1. The van der Waals surface area contributed by atoms with Crippen LogP contribution in [0.15, 0.2) is 18.2 Å². The molecule has 1 aromatic rings. The van der Waals surface area contributed by atoms with Crippen LogP contribution in [-0.4, -0.2) is 6.04 Å². The van der Waals surface area contributed by atoms with Crippen molar-refractivity contribution < 1.29 is 4.39 Å². The van der Waals surface area contributed by atoms with Gasteiger partial charge in [0.25, 0.3) is 0 Å². The third-order valence-electron chi connectivity index (χ3n) is 2.49. The Bertz CT molecular complexity index is 336. The van der Waals surface area contributed by atoms with Gasteiger partial charge < -0.3 is 5.32 Å². The molecule has 0 aromatic heterocycles. The fourth-order valence-corrected chi connectivity index (χ4v) is 1.88. The van der Waals surface area contributed by atoms with Gasteiger partial charge >= 0.3 is 0 Å². The van der Waals surface area contributed by atoms with Gasteiger partial charge in [0.05, 0.1) is 0 Å². The Hall–Kier alpha value is -0.600. The summed E-state index contributed by atoms with van der Waals surface area (Å²) < 4.78 is 12.8. The molecule has 1 unspecified atom stereocenters. The van der Waals surface area contributed by atoms with Crippen molar-refractivity contribution in [2.45, 2.75) is 31.8 Å². The third kappa shape index (κ3) is 2.25. The Morgan fingerprint density at radius 3 is 2.79 bits per heavy atom. The molecule has 1 aliphatic carbocycles. The van der Waals surface area contributed by atoms with E-state index in [0.717, 1.165) is 5.56 Å². The molecule has 0 amide bonds. The van der Waals surface area contributed by atoms with E-state index in [0.29, 0.717) is 11.1 Å². The second kappa shape index (κ2) is 3.87. The van der Waals surface area contributed by atoms with Crippen LogP contribution >= 0.6 is 11.6 Å². The molecule has 0 saturated heterocycles. The highest BCUT2D eigenvalue weighted by Crippen LogP contribution is 2.28. The number of hydrogen-bond donors (Lipinski definition) is 1. The van der Waals surface area contributed by atoms with Gasteiger partial charge in [0.2, 0.25) is 0 Å². The van der Waals surface area contributed by atoms with E-state index in [4.69, 9.17) is 11.6 Å². The molecule has 0 spiro atoms. The summed E-state index contributed by atoms with van der Waals surface area (Å²) in [7, 11) is 0. The SMILES string of the molecule is CC(NC1CC1)c1ccc(F)cc1Cl. The van der Waals surface area contributed by atoms with E-state index in [2.05, 4.69) is 12.2 Å². The van der Waals surface area contributed by atoms with Crippen molar-refractivity contribution in [3.8, 4) is 0 Å². The average Bonchev–Trinajstić information content (AvgIpc) is 2.87. The maximum absolute atomic E-state index is 12.8. The lowest BCUT2D eigenvalue weighted by molar-refractivity contribution is 0.568. The molecule has 1 saturated carbocycles. The average molecular weight is 214 g/mol. The fourth-order valence-electron chi connectivity index (χ4n) is 1.55. The van der Waals surface area contributed by atoms with Gasteiger partial charge in [-0.2, -0.15) is 0 Å². The van der Waals surface area contributed by atoms with Crippen LogP contribution in [0.5, 0.6) is 0 Å². The highest BCUT2D eigenvalue weighted by molar-refractivity contribution is 6.31. The summed E-state index contributed by atoms with van der Waals surface area (Å²) in [5.41, 5.74) is 0.972. The van der Waals surface area contributed by atoms with Crippen LogP contribution in [0.2, 0.25) is 5.02 Å². The minimum atomic E-state index is -0.280. The van der Waals surface area contributed by atoms with Gasteiger partial charge in [-0.1, -0.05) is 17.7 Å².